The minimum absolute atomic E-state index is 0.0375. The second-order valence-electron chi connectivity index (χ2n) is 7.10. The summed E-state index contributed by atoms with van der Waals surface area (Å²) in [6.07, 6.45) is 16.0. The van der Waals surface area contributed by atoms with E-state index in [2.05, 4.69) is 19.9 Å². The van der Waals surface area contributed by atoms with Crippen molar-refractivity contribution in [3.8, 4) is 0 Å². The summed E-state index contributed by atoms with van der Waals surface area (Å²) >= 11 is 0. The van der Waals surface area contributed by atoms with Gasteiger partial charge in [-0.1, -0.05) is 0 Å². The zero-order chi connectivity index (χ0) is 17.8. The van der Waals surface area contributed by atoms with Gasteiger partial charge in [0.15, 0.2) is 0 Å². The van der Waals surface area contributed by atoms with E-state index in [4.69, 9.17) is 4.84 Å². The molecule has 0 unspecified atom stereocenters. The second kappa shape index (κ2) is 7.86. The molecular formula is C19H23N5O2. The van der Waals surface area contributed by atoms with Crippen LogP contribution in [0.25, 0.3) is 0 Å². The summed E-state index contributed by atoms with van der Waals surface area (Å²) in [5, 5.41) is 1.56. The quantitative estimate of drug-likeness (QED) is 0.840. The van der Waals surface area contributed by atoms with E-state index in [0.717, 1.165) is 44.2 Å². The molecule has 136 valence electrons. The minimum Gasteiger partial charge on any atom is -0.272 e. The number of amides is 1. The average molecular weight is 353 g/mol. The van der Waals surface area contributed by atoms with Gasteiger partial charge in [0.05, 0.1) is 18.5 Å². The van der Waals surface area contributed by atoms with Gasteiger partial charge >= 0.3 is 0 Å². The molecule has 1 amide bonds. The molecule has 3 heterocycles. The summed E-state index contributed by atoms with van der Waals surface area (Å²) in [4.78, 5) is 35.3. The lowest BCUT2D eigenvalue weighted by Crippen LogP contribution is -2.37. The normalized spacial score (nSPS) is 26.0. The van der Waals surface area contributed by atoms with Gasteiger partial charge in [-0.05, 0) is 43.6 Å². The van der Waals surface area contributed by atoms with Crippen LogP contribution in [-0.4, -0.2) is 37.5 Å². The molecule has 1 aliphatic heterocycles. The van der Waals surface area contributed by atoms with Crippen LogP contribution >= 0.6 is 0 Å². The van der Waals surface area contributed by atoms with E-state index in [9.17, 15) is 4.79 Å². The monoisotopic (exact) mass is 353 g/mol. The third kappa shape index (κ3) is 3.72. The summed E-state index contributed by atoms with van der Waals surface area (Å²) < 4.78 is 0. The molecule has 1 aliphatic carbocycles. The molecule has 2 aromatic rings. The van der Waals surface area contributed by atoms with Crippen LogP contribution in [0.1, 0.15) is 49.4 Å². The van der Waals surface area contributed by atoms with Crippen molar-refractivity contribution in [3.05, 3.63) is 48.6 Å². The van der Waals surface area contributed by atoms with E-state index in [1.165, 1.54) is 5.56 Å². The molecule has 0 radical (unpaired) electrons. The number of hydrogen-bond donors (Lipinski definition) is 0. The van der Waals surface area contributed by atoms with E-state index in [1.807, 2.05) is 12.4 Å². The van der Waals surface area contributed by atoms with Crippen LogP contribution in [0.15, 0.2) is 37.3 Å². The Labute approximate surface area is 152 Å². The first kappa shape index (κ1) is 17.0. The van der Waals surface area contributed by atoms with Gasteiger partial charge in [-0.25, -0.2) is 15.0 Å². The predicted molar refractivity (Wildman–Crippen MR) is 93.4 cm³/mol. The van der Waals surface area contributed by atoms with Crippen LogP contribution in [0, 0.1) is 11.8 Å². The maximum Gasteiger partial charge on any atom is 0.249 e. The van der Waals surface area contributed by atoms with Crippen molar-refractivity contribution in [2.24, 2.45) is 11.8 Å². The van der Waals surface area contributed by atoms with Crippen LogP contribution in [0.4, 0.5) is 0 Å². The van der Waals surface area contributed by atoms with Gasteiger partial charge in [-0.15, -0.1) is 0 Å². The van der Waals surface area contributed by atoms with Crippen LogP contribution in [0.2, 0.25) is 0 Å². The molecule has 26 heavy (non-hydrogen) atoms. The van der Waals surface area contributed by atoms with Crippen molar-refractivity contribution < 1.29 is 9.63 Å². The number of hydrogen-bond acceptors (Lipinski definition) is 6. The molecule has 0 spiro atoms. The number of aromatic nitrogens is 4. The van der Waals surface area contributed by atoms with E-state index in [1.54, 1.807) is 30.0 Å². The van der Waals surface area contributed by atoms with Crippen molar-refractivity contribution in [1.29, 1.82) is 0 Å². The molecular weight excluding hydrogens is 330 g/mol. The number of nitrogens with zero attached hydrogens (tertiary/aromatic N) is 5. The lowest BCUT2D eigenvalue weighted by Gasteiger charge is -2.31. The topological polar surface area (TPSA) is 81.1 Å². The third-order valence-electron chi connectivity index (χ3n) is 5.38. The Morgan fingerprint density at radius 1 is 1.04 bits per heavy atom. The standard InChI is InChI=1S/C19H23N5O2/c25-19(24-18(5-8-26-24)17-12-20-6-7-23-17)16-3-1-14(2-4-16)9-15-10-21-13-22-11-15/h6-7,10-14,16,18H,1-5,8-9H2/t14?,16?,18-/m0/s1. The van der Waals surface area contributed by atoms with Crippen LogP contribution in [-0.2, 0) is 16.1 Å². The fourth-order valence-electron chi connectivity index (χ4n) is 4.00. The highest BCUT2D eigenvalue weighted by atomic mass is 16.7. The van der Waals surface area contributed by atoms with Gasteiger partial charge in [0.25, 0.3) is 0 Å². The Morgan fingerprint density at radius 3 is 2.58 bits per heavy atom. The lowest BCUT2D eigenvalue weighted by atomic mass is 9.79. The maximum atomic E-state index is 13.0. The summed E-state index contributed by atoms with van der Waals surface area (Å²) in [6, 6.07) is -0.115. The van der Waals surface area contributed by atoms with E-state index < -0.39 is 0 Å². The van der Waals surface area contributed by atoms with E-state index in [-0.39, 0.29) is 17.9 Å². The number of carbonyl (C=O) groups excluding carboxylic acids is 1. The van der Waals surface area contributed by atoms with Crippen molar-refractivity contribution in [1.82, 2.24) is 25.0 Å². The van der Waals surface area contributed by atoms with Gasteiger partial charge < -0.3 is 0 Å². The number of rotatable bonds is 4. The first-order valence-corrected chi connectivity index (χ1v) is 9.27. The zero-order valence-corrected chi connectivity index (χ0v) is 14.7. The first-order chi connectivity index (χ1) is 12.8. The molecule has 7 heteroatoms. The minimum atomic E-state index is -0.115. The van der Waals surface area contributed by atoms with Crippen molar-refractivity contribution in [2.45, 2.75) is 44.6 Å². The molecule has 7 nitrogen and oxygen atoms in total. The third-order valence-corrected chi connectivity index (χ3v) is 5.38. The predicted octanol–water partition coefficient (Wildman–Crippen LogP) is 2.52. The molecule has 2 aromatic heterocycles. The smallest absolute Gasteiger partial charge is 0.249 e. The van der Waals surface area contributed by atoms with Gasteiger partial charge in [0.1, 0.15) is 12.4 Å². The summed E-state index contributed by atoms with van der Waals surface area (Å²) in [5.41, 5.74) is 1.98. The molecule has 1 saturated heterocycles. The molecule has 0 N–H and O–H groups in total. The van der Waals surface area contributed by atoms with Crippen molar-refractivity contribution >= 4 is 5.91 Å². The van der Waals surface area contributed by atoms with Gasteiger partial charge in [0.2, 0.25) is 5.91 Å². The maximum absolute atomic E-state index is 13.0. The van der Waals surface area contributed by atoms with Crippen LogP contribution in [0.5, 0.6) is 0 Å². The lowest BCUT2D eigenvalue weighted by molar-refractivity contribution is -0.183. The average Bonchev–Trinajstić information content (AvgIpc) is 3.19. The Hall–Kier alpha value is -2.41. The molecule has 4 rings (SSSR count). The van der Waals surface area contributed by atoms with E-state index >= 15 is 0 Å². The van der Waals surface area contributed by atoms with Crippen molar-refractivity contribution in [3.63, 3.8) is 0 Å². The Balaban J connectivity index is 1.34. The Morgan fingerprint density at radius 2 is 1.85 bits per heavy atom. The van der Waals surface area contributed by atoms with E-state index in [0.29, 0.717) is 12.5 Å². The van der Waals surface area contributed by atoms with Crippen LogP contribution in [0.3, 0.4) is 0 Å². The van der Waals surface area contributed by atoms with Gasteiger partial charge in [-0.3, -0.25) is 19.6 Å². The fourth-order valence-corrected chi connectivity index (χ4v) is 4.00. The second-order valence-corrected chi connectivity index (χ2v) is 7.10. The first-order valence-electron chi connectivity index (χ1n) is 9.27. The molecule has 2 aliphatic rings. The largest absolute Gasteiger partial charge is 0.272 e. The summed E-state index contributed by atoms with van der Waals surface area (Å²) in [6.45, 7) is 0.552. The summed E-state index contributed by atoms with van der Waals surface area (Å²) in [7, 11) is 0. The highest BCUT2D eigenvalue weighted by Gasteiger charge is 2.37. The highest BCUT2D eigenvalue weighted by molar-refractivity contribution is 5.78. The Bertz CT molecular complexity index is 719. The summed E-state index contributed by atoms with van der Waals surface area (Å²) in [5.74, 6) is 0.732. The van der Waals surface area contributed by atoms with Gasteiger partial charge in [0, 0.05) is 37.1 Å². The van der Waals surface area contributed by atoms with Crippen molar-refractivity contribution in [2.75, 3.05) is 6.61 Å². The molecule has 0 aromatic carbocycles. The molecule has 1 atom stereocenters. The fraction of sp³-hybridized carbons (Fsp3) is 0.526. The van der Waals surface area contributed by atoms with Gasteiger partial charge in [-0.2, -0.15) is 0 Å². The molecule has 0 bridgehead atoms. The number of carbonyl (C=O) groups is 1. The Kier molecular flexibility index (Phi) is 5.15. The molecule has 2 fully saturated rings. The molecule has 1 saturated carbocycles. The number of hydroxylamine groups is 2. The SMILES string of the molecule is O=C(C1CCC(Cc2cncnc2)CC1)N1OCC[C@H]1c1cnccn1. The zero-order valence-electron chi connectivity index (χ0n) is 14.7. The highest BCUT2D eigenvalue weighted by Crippen LogP contribution is 2.36. The van der Waals surface area contributed by atoms with Crippen LogP contribution < -0.4 is 0 Å².